The molecule has 9 nitrogen and oxygen atoms in total. The first kappa shape index (κ1) is 16.6. The standard InChI is InChI=1S/C17H22N6O3/c24-17(25)23-6-4-12(5-7-23)26-16-10-18-9-15(20-16)19-14-8-13(21-22-14)11-2-1-3-11/h8-12H,1-7H2,(H,24,25)(H2,19,20,21,22). The van der Waals surface area contributed by atoms with Crippen LogP contribution in [0.2, 0.25) is 0 Å². The first-order valence-electron chi connectivity index (χ1n) is 8.96. The van der Waals surface area contributed by atoms with Gasteiger partial charge in [0.05, 0.1) is 12.4 Å². The number of hydrogen-bond acceptors (Lipinski definition) is 6. The average Bonchev–Trinajstić information content (AvgIpc) is 3.02. The summed E-state index contributed by atoms with van der Waals surface area (Å²) in [4.78, 5) is 20.9. The van der Waals surface area contributed by atoms with Gasteiger partial charge in [-0.1, -0.05) is 6.42 Å². The molecule has 4 rings (SSSR count). The topological polar surface area (TPSA) is 116 Å². The van der Waals surface area contributed by atoms with E-state index in [0.717, 1.165) is 5.69 Å². The molecule has 1 saturated heterocycles. The third-order valence-corrected chi connectivity index (χ3v) is 5.01. The van der Waals surface area contributed by atoms with Gasteiger partial charge in [-0.15, -0.1) is 0 Å². The Hall–Kier alpha value is -2.84. The lowest BCUT2D eigenvalue weighted by atomic mass is 9.83. The first-order chi connectivity index (χ1) is 12.7. The predicted molar refractivity (Wildman–Crippen MR) is 93.7 cm³/mol. The van der Waals surface area contributed by atoms with Crippen LogP contribution in [0.1, 0.15) is 43.7 Å². The van der Waals surface area contributed by atoms with Gasteiger partial charge < -0.3 is 20.1 Å². The van der Waals surface area contributed by atoms with E-state index < -0.39 is 6.09 Å². The van der Waals surface area contributed by atoms with E-state index in [2.05, 4.69) is 25.5 Å². The normalized spacial score (nSPS) is 18.4. The van der Waals surface area contributed by atoms with Crippen LogP contribution < -0.4 is 10.1 Å². The number of carbonyl (C=O) groups is 1. The quantitative estimate of drug-likeness (QED) is 0.752. The molecule has 9 heteroatoms. The van der Waals surface area contributed by atoms with Crippen LogP contribution in [0.4, 0.5) is 16.4 Å². The Morgan fingerprint density at radius 2 is 2.04 bits per heavy atom. The van der Waals surface area contributed by atoms with Crippen LogP contribution in [0.5, 0.6) is 5.88 Å². The number of nitrogens with one attached hydrogen (secondary N) is 2. The Balaban J connectivity index is 1.34. The number of likely N-dealkylation sites (tertiary alicyclic amines) is 1. The van der Waals surface area contributed by atoms with Crippen molar-refractivity contribution in [1.29, 1.82) is 0 Å². The van der Waals surface area contributed by atoms with Gasteiger partial charge in [0, 0.05) is 43.6 Å². The molecule has 138 valence electrons. The van der Waals surface area contributed by atoms with Crippen molar-refractivity contribution >= 4 is 17.7 Å². The minimum absolute atomic E-state index is 0.0502. The van der Waals surface area contributed by atoms with Gasteiger partial charge in [-0.3, -0.25) is 10.1 Å². The van der Waals surface area contributed by atoms with Crippen LogP contribution in [-0.2, 0) is 0 Å². The number of anilines is 2. The zero-order valence-corrected chi connectivity index (χ0v) is 14.4. The maximum Gasteiger partial charge on any atom is 0.407 e. The van der Waals surface area contributed by atoms with Gasteiger partial charge in [-0.05, 0) is 12.8 Å². The van der Waals surface area contributed by atoms with Crippen LogP contribution in [0.15, 0.2) is 18.5 Å². The summed E-state index contributed by atoms with van der Waals surface area (Å²) in [5, 5.41) is 19.5. The van der Waals surface area contributed by atoms with Gasteiger partial charge in [-0.2, -0.15) is 10.1 Å². The molecule has 0 radical (unpaired) electrons. The van der Waals surface area contributed by atoms with Gasteiger partial charge in [0.25, 0.3) is 0 Å². The van der Waals surface area contributed by atoms with E-state index >= 15 is 0 Å². The molecule has 2 aromatic heterocycles. The molecule has 0 aromatic carbocycles. The molecule has 0 atom stereocenters. The third-order valence-electron chi connectivity index (χ3n) is 5.01. The molecule has 2 fully saturated rings. The summed E-state index contributed by atoms with van der Waals surface area (Å²) in [6, 6.07) is 2.01. The summed E-state index contributed by atoms with van der Waals surface area (Å²) in [5.74, 6) is 2.30. The van der Waals surface area contributed by atoms with E-state index in [0.29, 0.717) is 49.4 Å². The molecular formula is C17H22N6O3. The highest BCUT2D eigenvalue weighted by molar-refractivity contribution is 5.65. The number of ether oxygens (including phenoxy) is 1. The minimum atomic E-state index is -0.880. The Labute approximate surface area is 150 Å². The number of H-pyrrole nitrogens is 1. The fraction of sp³-hybridized carbons (Fsp3) is 0.529. The molecule has 0 spiro atoms. The van der Waals surface area contributed by atoms with Crippen molar-refractivity contribution in [3.63, 3.8) is 0 Å². The van der Waals surface area contributed by atoms with E-state index in [1.54, 1.807) is 12.4 Å². The largest absolute Gasteiger partial charge is 0.473 e. The number of carboxylic acid groups (broad SMARTS) is 1. The SMILES string of the molecule is O=C(O)N1CCC(Oc2cncc(Nc3cc(C4CCC4)[nH]n3)n2)CC1. The second-order valence-corrected chi connectivity index (χ2v) is 6.79. The van der Waals surface area contributed by atoms with E-state index in [9.17, 15) is 4.79 Å². The minimum Gasteiger partial charge on any atom is -0.473 e. The summed E-state index contributed by atoms with van der Waals surface area (Å²) in [6.45, 7) is 0.950. The van der Waals surface area contributed by atoms with Crippen LogP contribution >= 0.6 is 0 Å². The lowest BCUT2D eigenvalue weighted by molar-refractivity contribution is 0.0869. The predicted octanol–water partition coefficient (Wildman–Crippen LogP) is 2.73. The lowest BCUT2D eigenvalue weighted by Gasteiger charge is -2.29. The van der Waals surface area contributed by atoms with E-state index in [1.807, 2.05) is 6.07 Å². The maximum absolute atomic E-state index is 11.0. The lowest BCUT2D eigenvalue weighted by Crippen LogP contribution is -2.41. The maximum atomic E-state index is 11.0. The molecule has 0 unspecified atom stereocenters. The van der Waals surface area contributed by atoms with Crippen molar-refractivity contribution in [3.8, 4) is 5.88 Å². The number of piperidine rings is 1. The number of aromatic nitrogens is 4. The molecule has 2 aliphatic rings. The zero-order valence-electron chi connectivity index (χ0n) is 14.4. The van der Waals surface area contributed by atoms with Crippen molar-refractivity contribution in [3.05, 3.63) is 24.2 Å². The molecule has 3 N–H and O–H groups in total. The number of amides is 1. The molecule has 2 aromatic rings. The Bertz CT molecular complexity index is 767. The molecule has 3 heterocycles. The third kappa shape index (κ3) is 3.71. The molecule has 26 heavy (non-hydrogen) atoms. The highest BCUT2D eigenvalue weighted by Gasteiger charge is 2.24. The van der Waals surface area contributed by atoms with Crippen molar-refractivity contribution in [2.75, 3.05) is 18.4 Å². The Morgan fingerprint density at radius 3 is 2.73 bits per heavy atom. The summed E-state index contributed by atoms with van der Waals surface area (Å²) in [7, 11) is 0. The molecule has 1 aliphatic carbocycles. The van der Waals surface area contributed by atoms with E-state index in [1.165, 1.54) is 24.2 Å². The van der Waals surface area contributed by atoms with Gasteiger partial charge in [0.2, 0.25) is 5.88 Å². The Kier molecular flexibility index (Phi) is 4.59. The number of aromatic amines is 1. The van der Waals surface area contributed by atoms with E-state index in [4.69, 9.17) is 9.84 Å². The summed E-state index contributed by atoms with van der Waals surface area (Å²) in [6.07, 6.45) is 7.27. The summed E-state index contributed by atoms with van der Waals surface area (Å²) >= 11 is 0. The molecule has 1 amide bonds. The molecule has 1 aliphatic heterocycles. The number of nitrogens with zero attached hydrogens (tertiary/aromatic N) is 4. The van der Waals surface area contributed by atoms with Crippen molar-refractivity contribution < 1.29 is 14.6 Å². The second kappa shape index (κ2) is 7.19. The van der Waals surface area contributed by atoms with Gasteiger partial charge >= 0.3 is 6.09 Å². The van der Waals surface area contributed by atoms with Gasteiger partial charge in [0.15, 0.2) is 11.6 Å². The van der Waals surface area contributed by atoms with Crippen molar-refractivity contribution in [1.82, 2.24) is 25.1 Å². The Morgan fingerprint density at radius 1 is 1.23 bits per heavy atom. The molecule has 0 bridgehead atoms. The van der Waals surface area contributed by atoms with Crippen LogP contribution in [-0.4, -0.2) is 55.5 Å². The van der Waals surface area contributed by atoms with E-state index in [-0.39, 0.29) is 6.10 Å². The highest BCUT2D eigenvalue weighted by atomic mass is 16.5. The highest BCUT2D eigenvalue weighted by Crippen LogP contribution is 2.36. The molecular weight excluding hydrogens is 336 g/mol. The summed E-state index contributed by atoms with van der Waals surface area (Å²) < 4.78 is 5.87. The van der Waals surface area contributed by atoms with Crippen LogP contribution in [0.3, 0.4) is 0 Å². The first-order valence-corrected chi connectivity index (χ1v) is 8.96. The van der Waals surface area contributed by atoms with Crippen LogP contribution in [0.25, 0.3) is 0 Å². The number of hydrogen-bond donors (Lipinski definition) is 3. The monoisotopic (exact) mass is 358 g/mol. The zero-order chi connectivity index (χ0) is 17.9. The second-order valence-electron chi connectivity index (χ2n) is 6.79. The molecule has 1 saturated carbocycles. The number of rotatable bonds is 5. The van der Waals surface area contributed by atoms with Crippen LogP contribution in [0, 0.1) is 0 Å². The fourth-order valence-electron chi connectivity index (χ4n) is 3.26. The smallest absolute Gasteiger partial charge is 0.407 e. The van der Waals surface area contributed by atoms with Crippen molar-refractivity contribution in [2.24, 2.45) is 0 Å². The van der Waals surface area contributed by atoms with Gasteiger partial charge in [-0.25, -0.2) is 4.79 Å². The van der Waals surface area contributed by atoms with Crippen molar-refractivity contribution in [2.45, 2.75) is 44.1 Å². The fourth-order valence-corrected chi connectivity index (χ4v) is 3.26. The average molecular weight is 358 g/mol. The van der Waals surface area contributed by atoms with Gasteiger partial charge in [0.1, 0.15) is 6.10 Å². The summed E-state index contributed by atoms with van der Waals surface area (Å²) in [5.41, 5.74) is 1.16.